The summed E-state index contributed by atoms with van der Waals surface area (Å²) in [5, 5.41) is 3.12. The highest BCUT2D eigenvalue weighted by molar-refractivity contribution is 5.91. The number of carbonyl (C=O) groups is 2. The highest BCUT2D eigenvalue weighted by Gasteiger charge is 2.41. The van der Waals surface area contributed by atoms with Crippen molar-refractivity contribution in [2.45, 2.75) is 70.4 Å². The number of rotatable bonds is 8. The summed E-state index contributed by atoms with van der Waals surface area (Å²) in [5.74, 6) is -1.79. The Morgan fingerprint density at radius 2 is 1.51 bits per heavy atom. The summed E-state index contributed by atoms with van der Waals surface area (Å²) in [5.41, 5.74) is -3.47. The van der Waals surface area contributed by atoms with Crippen molar-refractivity contribution >= 4 is 24.2 Å². The Balaban J connectivity index is 2.17. The lowest BCUT2D eigenvalue weighted by atomic mass is 9.81. The number of aryl methyl sites for hydroxylation is 1. The first-order chi connectivity index (χ1) is 20.7. The van der Waals surface area contributed by atoms with E-state index in [2.05, 4.69) is 17.0 Å². The molecule has 0 unspecified atom stereocenters. The molecule has 3 rings (SSSR count). The lowest BCUT2D eigenvalue weighted by Gasteiger charge is -2.32. The predicted octanol–water partition coefficient (Wildman–Crippen LogP) is 7.22. The molecule has 244 valence electrons. The number of hydrogen-bond donors (Lipinski definition) is 1. The quantitative estimate of drug-likeness (QED) is 0.143. The summed E-state index contributed by atoms with van der Waals surface area (Å²) in [4.78, 5) is 31.2. The van der Waals surface area contributed by atoms with Crippen LogP contribution < -0.4 is 5.32 Å². The van der Waals surface area contributed by atoms with Crippen molar-refractivity contribution in [1.29, 1.82) is 0 Å². The van der Waals surface area contributed by atoms with E-state index in [1.54, 1.807) is 13.0 Å². The number of esters is 1. The molecule has 1 saturated heterocycles. The average Bonchev–Trinajstić information content (AvgIpc) is 3.45. The zero-order valence-electron chi connectivity index (χ0n) is 25.6. The van der Waals surface area contributed by atoms with Crippen LogP contribution in [0.2, 0.25) is 0 Å². The van der Waals surface area contributed by atoms with E-state index in [0.717, 1.165) is 4.90 Å². The second-order valence-corrected chi connectivity index (χ2v) is 11.3. The number of aliphatic imine (C=N–C) groups is 1. The van der Waals surface area contributed by atoms with Gasteiger partial charge in [0.05, 0.1) is 35.4 Å². The van der Waals surface area contributed by atoms with Gasteiger partial charge in [0.2, 0.25) is 5.91 Å². The molecule has 2 atom stereocenters. The van der Waals surface area contributed by atoms with E-state index in [0.29, 0.717) is 47.4 Å². The summed E-state index contributed by atoms with van der Waals surface area (Å²) < 4.78 is 100. The average molecular weight is 642 g/mol. The summed E-state index contributed by atoms with van der Waals surface area (Å²) in [6.07, 6.45) is -7.66. The highest BCUT2D eigenvalue weighted by Crippen LogP contribution is 2.40. The van der Waals surface area contributed by atoms with Crippen molar-refractivity contribution in [2.75, 3.05) is 14.2 Å². The van der Waals surface area contributed by atoms with Gasteiger partial charge >= 0.3 is 18.3 Å². The largest absolute Gasteiger partial charge is 0.468 e. The van der Waals surface area contributed by atoms with E-state index >= 15 is 0 Å². The third-order valence-corrected chi connectivity index (χ3v) is 7.98. The number of allylic oxidation sites excluding steroid dienone is 3. The van der Waals surface area contributed by atoms with Crippen LogP contribution in [0.25, 0.3) is 5.57 Å². The SMILES string of the molecule is C=N/C(=C\C(=C(/C)N(C)C(=O)C(C)(C)c1cc(C(F)(F)F)cc(C(F)(F)F)c1)c1ccc(F)cc1C)[C@@H]1CC[C@H](C(=O)OC)N1. The van der Waals surface area contributed by atoms with Gasteiger partial charge in [-0.25, -0.2) is 4.39 Å². The molecule has 1 amide bonds. The van der Waals surface area contributed by atoms with E-state index in [4.69, 9.17) is 4.74 Å². The standard InChI is InChI=1S/C32H34F7N3O3/c1-17-12-22(33)8-9-23(17)24(16-27(40-5)25-10-11-26(41-25)28(43)45-7)18(2)42(6)29(44)30(3,4)19-13-20(31(34,35)36)15-21(14-19)32(37,38)39/h8-9,12-16,25-26,41H,5,10-11H2,1-4,6-7H3/b24-18-,27-16-/t25-,26+/m0/s1. The third kappa shape index (κ3) is 7.81. The lowest BCUT2D eigenvalue weighted by Crippen LogP contribution is -2.41. The predicted molar refractivity (Wildman–Crippen MR) is 156 cm³/mol. The smallest absolute Gasteiger partial charge is 0.416 e. The van der Waals surface area contributed by atoms with Crippen LogP contribution in [0.4, 0.5) is 30.7 Å². The van der Waals surface area contributed by atoms with Crippen LogP contribution in [0.5, 0.6) is 0 Å². The van der Waals surface area contributed by atoms with Crippen LogP contribution in [0.1, 0.15) is 61.4 Å². The molecule has 1 N–H and O–H groups in total. The second kappa shape index (κ2) is 13.2. The molecule has 0 aliphatic carbocycles. The molecule has 1 aliphatic rings. The number of halogens is 7. The number of benzene rings is 2. The Morgan fingerprint density at radius 3 is 2.00 bits per heavy atom. The fourth-order valence-electron chi connectivity index (χ4n) is 5.21. The Kier molecular flexibility index (Phi) is 10.4. The minimum absolute atomic E-state index is 0.00472. The van der Waals surface area contributed by atoms with Gasteiger partial charge in [-0.2, -0.15) is 26.3 Å². The van der Waals surface area contributed by atoms with Gasteiger partial charge in [-0.05, 0) is 100 Å². The number of likely N-dealkylation sites (N-methyl/N-ethyl adjacent to an activating group) is 1. The zero-order valence-corrected chi connectivity index (χ0v) is 25.6. The molecular weight excluding hydrogens is 607 g/mol. The van der Waals surface area contributed by atoms with Crippen LogP contribution in [-0.2, 0) is 32.1 Å². The first-order valence-electron chi connectivity index (χ1n) is 13.8. The third-order valence-electron chi connectivity index (χ3n) is 7.98. The van der Waals surface area contributed by atoms with Gasteiger partial charge in [-0.15, -0.1) is 0 Å². The van der Waals surface area contributed by atoms with Gasteiger partial charge in [0, 0.05) is 18.3 Å². The maximum atomic E-state index is 14.1. The van der Waals surface area contributed by atoms with E-state index in [1.165, 1.54) is 53.1 Å². The molecule has 1 aliphatic heterocycles. The van der Waals surface area contributed by atoms with Crippen LogP contribution >= 0.6 is 0 Å². The van der Waals surface area contributed by atoms with E-state index in [1.807, 2.05) is 0 Å². The Labute approximate surface area is 256 Å². The molecule has 0 saturated carbocycles. The fraction of sp³-hybridized carbons (Fsp3) is 0.406. The van der Waals surface area contributed by atoms with Crippen LogP contribution in [-0.4, -0.2) is 49.7 Å². The Hall–Kier alpha value is -4.00. The van der Waals surface area contributed by atoms with Gasteiger partial charge in [0.1, 0.15) is 11.9 Å². The molecule has 1 heterocycles. The van der Waals surface area contributed by atoms with Gasteiger partial charge in [0.25, 0.3) is 0 Å². The molecule has 45 heavy (non-hydrogen) atoms. The van der Waals surface area contributed by atoms with Gasteiger partial charge in [-0.1, -0.05) is 6.07 Å². The number of ether oxygens (including phenoxy) is 1. The first kappa shape index (κ1) is 35.5. The van der Waals surface area contributed by atoms with Crippen LogP contribution in [0.15, 0.2) is 58.9 Å². The minimum Gasteiger partial charge on any atom is -0.468 e. The monoisotopic (exact) mass is 641 g/mol. The molecule has 0 aromatic heterocycles. The zero-order chi connectivity index (χ0) is 34.1. The Morgan fingerprint density at radius 1 is 0.978 bits per heavy atom. The summed E-state index contributed by atoms with van der Waals surface area (Å²) >= 11 is 0. The fourth-order valence-corrected chi connectivity index (χ4v) is 5.21. The van der Waals surface area contributed by atoms with Gasteiger partial charge in [0.15, 0.2) is 0 Å². The second-order valence-electron chi connectivity index (χ2n) is 11.3. The van der Waals surface area contributed by atoms with Gasteiger partial charge in [-0.3, -0.25) is 19.9 Å². The molecule has 0 spiro atoms. The summed E-state index contributed by atoms with van der Waals surface area (Å²) in [6.45, 7) is 9.27. The number of nitrogens with one attached hydrogen (secondary N) is 1. The molecule has 0 bridgehead atoms. The molecule has 2 aromatic carbocycles. The van der Waals surface area contributed by atoms with E-state index in [-0.39, 0.29) is 11.8 Å². The summed E-state index contributed by atoms with van der Waals surface area (Å²) in [6, 6.07) is 3.99. The maximum Gasteiger partial charge on any atom is 0.416 e. The number of carbonyl (C=O) groups excluding carboxylic acids is 2. The minimum atomic E-state index is -5.09. The lowest BCUT2D eigenvalue weighted by molar-refractivity contribution is -0.144. The van der Waals surface area contributed by atoms with Crippen molar-refractivity contribution in [3.8, 4) is 0 Å². The first-order valence-corrected chi connectivity index (χ1v) is 13.8. The maximum absolute atomic E-state index is 14.1. The number of alkyl halides is 6. The van der Waals surface area contributed by atoms with Crippen LogP contribution in [0, 0.1) is 12.7 Å². The Bertz CT molecular complexity index is 1510. The topological polar surface area (TPSA) is 71.0 Å². The number of hydrogen-bond acceptors (Lipinski definition) is 5. The molecule has 13 heteroatoms. The van der Waals surface area contributed by atoms with Crippen molar-refractivity contribution in [1.82, 2.24) is 10.2 Å². The van der Waals surface area contributed by atoms with Crippen molar-refractivity contribution in [3.63, 3.8) is 0 Å². The molecule has 0 radical (unpaired) electrons. The van der Waals surface area contributed by atoms with Crippen molar-refractivity contribution < 1.29 is 45.1 Å². The molecular formula is C32H34F7N3O3. The molecule has 2 aromatic rings. The highest BCUT2D eigenvalue weighted by atomic mass is 19.4. The normalized spacial score (nSPS) is 18.4. The number of amides is 1. The number of methoxy groups -OCH3 is 1. The van der Waals surface area contributed by atoms with Crippen molar-refractivity contribution in [2.24, 2.45) is 4.99 Å². The van der Waals surface area contributed by atoms with Gasteiger partial charge < -0.3 is 9.64 Å². The van der Waals surface area contributed by atoms with Crippen LogP contribution in [0.3, 0.4) is 0 Å². The van der Waals surface area contributed by atoms with E-state index in [9.17, 15) is 40.3 Å². The molecule has 1 fully saturated rings. The number of nitrogens with zero attached hydrogens (tertiary/aromatic N) is 2. The summed E-state index contributed by atoms with van der Waals surface area (Å²) in [7, 11) is 2.60. The van der Waals surface area contributed by atoms with E-state index < -0.39 is 64.2 Å². The molecule has 6 nitrogen and oxygen atoms in total. The van der Waals surface area contributed by atoms with Crippen molar-refractivity contribution in [3.05, 3.63) is 87.5 Å².